The SMILES string of the molecule is Cc1ccc(S(=O)(=O)n2cc(C(=O)NCc3ccccc3)c3nc(-c4ccc(S(=O)(=O)C(C)C)cc4)cnc32)cc1. The first kappa shape index (κ1) is 28.2. The van der Waals surface area contributed by atoms with Crippen molar-refractivity contribution >= 4 is 36.9 Å². The summed E-state index contributed by atoms with van der Waals surface area (Å²) in [5.74, 6) is -0.512. The Morgan fingerprint density at radius 2 is 1.51 bits per heavy atom. The second-order valence-electron chi connectivity index (χ2n) is 9.87. The minimum absolute atomic E-state index is 0.00167. The summed E-state index contributed by atoms with van der Waals surface area (Å²) < 4.78 is 53.3. The molecule has 0 aliphatic heterocycles. The van der Waals surface area contributed by atoms with Gasteiger partial charge in [-0.05, 0) is 50.6 Å². The van der Waals surface area contributed by atoms with Crippen molar-refractivity contribution in [3.05, 3.63) is 108 Å². The van der Waals surface area contributed by atoms with Crippen LogP contribution < -0.4 is 5.32 Å². The number of nitrogens with zero attached hydrogens (tertiary/aromatic N) is 3. The molecule has 0 fully saturated rings. The van der Waals surface area contributed by atoms with Crippen molar-refractivity contribution in [2.45, 2.75) is 42.4 Å². The summed E-state index contributed by atoms with van der Waals surface area (Å²) in [5.41, 5.74) is 2.83. The number of sulfone groups is 1. The van der Waals surface area contributed by atoms with Gasteiger partial charge >= 0.3 is 0 Å². The van der Waals surface area contributed by atoms with E-state index in [-0.39, 0.29) is 33.1 Å². The van der Waals surface area contributed by atoms with Crippen LogP contribution in [0, 0.1) is 6.92 Å². The van der Waals surface area contributed by atoms with E-state index in [1.165, 1.54) is 36.7 Å². The molecular formula is C30H28N4O5S2. The van der Waals surface area contributed by atoms with Gasteiger partial charge in [0.1, 0.15) is 5.52 Å². The molecular weight excluding hydrogens is 560 g/mol. The molecule has 3 aromatic carbocycles. The largest absolute Gasteiger partial charge is 0.348 e. The quantitative estimate of drug-likeness (QED) is 0.277. The number of fused-ring (bicyclic) bond motifs is 1. The monoisotopic (exact) mass is 588 g/mol. The molecule has 2 heterocycles. The zero-order valence-electron chi connectivity index (χ0n) is 22.6. The Hall–Kier alpha value is -4.35. The average Bonchev–Trinajstić information content (AvgIpc) is 3.36. The van der Waals surface area contributed by atoms with E-state index in [1.807, 2.05) is 37.3 Å². The highest BCUT2D eigenvalue weighted by atomic mass is 32.2. The Morgan fingerprint density at radius 1 is 0.878 bits per heavy atom. The maximum atomic E-state index is 13.6. The minimum Gasteiger partial charge on any atom is -0.348 e. The highest BCUT2D eigenvalue weighted by Crippen LogP contribution is 2.28. The van der Waals surface area contributed by atoms with E-state index in [4.69, 9.17) is 0 Å². The smallest absolute Gasteiger partial charge is 0.269 e. The molecule has 0 spiro atoms. The highest BCUT2D eigenvalue weighted by molar-refractivity contribution is 7.92. The molecule has 0 saturated carbocycles. The number of hydrogen-bond acceptors (Lipinski definition) is 7. The molecule has 0 unspecified atom stereocenters. The molecule has 0 saturated heterocycles. The normalized spacial score (nSPS) is 12.1. The summed E-state index contributed by atoms with van der Waals surface area (Å²) in [4.78, 5) is 22.6. The van der Waals surface area contributed by atoms with Crippen molar-refractivity contribution < 1.29 is 21.6 Å². The average molecular weight is 589 g/mol. The Labute approximate surface area is 238 Å². The fourth-order valence-corrected chi connectivity index (χ4v) is 6.61. The topological polar surface area (TPSA) is 128 Å². The first-order chi connectivity index (χ1) is 19.5. The van der Waals surface area contributed by atoms with Gasteiger partial charge in [-0.1, -0.05) is 60.2 Å². The van der Waals surface area contributed by atoms with Crippen LogP contribution in [0.25, 0.3) is 22.4 Å². The van der Waals surface area contributed by atoms with Crippen LogP contribution in [0.2, 0.25) is 0 Å². The lowest BCUT2D eigenvalue weighted by Gasteiger charge is -2.09. The summed E-state index contributed by atoms with van der Waals surface area (Å²) >= 11 is 0. The van der Waals surface area contributed by atoms with Gasteiger partial charge in [-0.15, -0.1) is 0 Å². The molecule has 0 aliphatic rings. The third-order valence-corrected chi connectivity index (χ3v) is 10.5. The summed E-state index contributed by atoms with van der Waals surface area (Å²) in [7, 11) is -7.56. The second kappa shape index (κ2) is 10.9. The number of rotatable bonds is 8. The number of hydrogen-bond donors (Lipinski definition) is 1. The van der Waals surface area contributed by atoms with E-state index in [2.05, 4.69) is 15.3 Å². The number of carbonyl (C=O) groups is 1. The van der Waals surface area contributed by atoms with Crippen LogP contribution in [-0.2, 0) is 26.4 Å². The third kappa shape index (κ3) is 5.50. The Bertz CT molecular complexity index is 1950. The maximum absolute atomic E-state index is 13.6. The van der Waals surface area contributed by atoms with Crippen LogP contribution >= 0.6 is 0 Å². The zero-order chi connectivity index (χ0) is 29.4. The molecule has 210 valence electrons. The number of aromatic nitrogens is 3. The lowest BCUT2D eigenvalue weighted by Crippen LogP contribution is -2.22. The fourth-order valence-electron chi connectivity index (χ4n) is 4.24. The van der Waals surface area contributed by atoms with Crippen molar-refractivity contribution in [1.82, 2.24) is 19.3 Å². The number of carbonyl (C=O) groups excluding carboxylic acids is 1. The Morgan fingerprint density at radius 3 is 2.15 bits per heavy atom. The third-order valence-electron chi connectivity index (χ3n) is 6.68. The predicted molar refractivity (Wildman–Crippen MR) is 157 cm³/mol. The molecule has 1 N–H and O–H groups in total. The second-order valence-corrected chi connectivity index (χ2v) is 14.2. The molecule has 5 rings (SSSR count). The summed E-state index contributed by atoms with van der Waals surface area (Å²) in [6.07, 6.45) is 2.64. The molecule has 1 amide bonds. The number of benzene rings is 3. The van der Waals surface area contributed by atoms with E-state index in [9.17, 15) is 21.6 Å². The molecule has 11 heteroatoms. The van der Waals surface area contributed by atoms with E-state index >= 15 is 0 Å². The standard InChI is InChI=1S/C30H28N4O5S2/c1-20(2)40(36,37)24-15-11-23(12-16-24)27-18-31-29-28(33-27)26(30(35)32-17-22-7-5-4-6-8-22)19-34(29)41(38,39)25-13-9-21(3)10-14-25/h4-16,18-20H,17H2,1-3H3,(H,32,35). The molecule has 5 aromatic rings. The van der Waals surface area contributed by atoms with Gasteiger partial charge in [-0.25, -0.2) is 30.8 Å². The lowest BCUT2D eigenvalue weighted by molar-refractivity contribution is 0.0952. The van der Waals surface area contributed by atoms with Crippen molar-refractivity contribution in [3.63, 3.8) is 0 Å². The molecule has 0 atom stereocenters. The molecule has 2 aromatic heterocycles. The fraction of sp³-hybridized carbons (Fsp3) is 0.167. The summed E-state index contributed by atoms with van der Waals surface area (Å²) in [5, 5.41) is 2.26. The van der Waals surface area contributed by atoms with Gasteiger partial charge in [0.05, 0.1) is 32.5 Å². The summed E-state index contributed by atoms with van der Waals surface area (Å²) in [6.45, 7) is 5.31. The van der Waals surface area contributed by atoms with Crippen LogP contribution in [0.3, 0.4) is 0 Å². The first-order valence-corrected chi connectivity index (χ1v) is 15.8. The van der Waals surface area contributed by atoms with Gasteiger partial charge in [0, 0.05) is 18.3 Å². The van der Waals surface area contributed by atoms with E-state index in [1.54, 1.807) is 38.1 Å². The van der Waals surface area contributed by atoms with Crippen molar-refractivity contribution in [2.24, 2.45) is 0 Å². The van der Waals surface area contributed by atoms with Crippen LogP contribution in [0.1, 0.15) is 35.3 Å². The van der Waals surface area contributed by atoms with E-state index < -0.39 is 31.0 Å². The summed E-state index contributed by atoms with van der Waals surface area (Å²) in [6, 6.07) is 21.9. The van der Waals surface area contributed by atoms with Gasteiger partial charge in [0.2, 0.25) is 0 Å². The van der Waals surface area contributed by atoms with Crippen molar-refractivity contribution in [3.8, 4) is 11.3 Å². The molecule has 0 radical (unpaired) electrons. The highest BCUT2D eigenvalue weighted by Gasteiger charge is 2.26. The van der Waals surface area contributed by atoms with E-state index in [0.717, 1.165) is 15.1 Å². The van der Waals surface area contributed by atoms with Gasteiger partial charge in [0.15, 0.2) is 15.5 Å². The molecule has 9 nitrogen and oxygen atoms in total. The maximum Gasteiger partial charge on any atom is 0.269 e. The number of aryl methyl sites for hydroxylation is 1. The molecule has 0 aliphatic carbocycles. The van der Waals surface area contributed by atoms with Crippen molar-refractivity contribution in [2.75, 3.05) is 0 Å². The minimum atomic E-state index is -4.10. The predicted octanol–water partition coefficient (Wildman–Crippen LogP) is 4.76. The van der Waals surface area contributed by atoms with Gasteiger partial charge in [-0.3, -0.25) is 4.79 Å². The number of nitrogens with one attached hydrogen (secondary N) is 1. The van der Waals surface area contributed by atoms with Crippen LogP contribution in [-0.4, -0.2) is 41.9 Å². The van der Waals surface area contributed by atoms with Crippen LogP contribution in [0.4, 0.5) is 0 Å². The van der Waals surface area contributed by atoms with Gasteiger partial charge in [-0.2, -0.15) is 0 Å². The van der Waals surface area contributed by atoms with Crippen LogP contribution in [0.5, 0.6) is 0 Å². The first-order valence-electron chi connectivity index (χ1n) is 12.9. The number of amides is 1. The zero-order valence-corrected chi connectivity index (χ0v) is 24.3. The van der Waals surface area contributed by atoms with Crippen molar-refractivity contribution in [1.29, 1.82) is 0 Å². The van der Waals surface area contributed by atoms with Crippen LogP contribution in [0.15, 0.2) is 101 Å². The van der Waals surface area contributed by atoms with E-state index in [0.29, 0.717) is 11.3 Å². The lowest BCUT2D eigenvalue weighted by atomic mass is 10.1. The van der Waals surface area contributed by atoms with Gasteiger partial charge in [0.25, 0.3) is 15.9 Å². The molecule has 0 bridgehead atoms. The Kier molecular flexibility index (Phi) is 7.50. The van der Waals surface area contributed by atoms with Gasteiger partial charge < -0.3 is 5.32 Å². The Balaban J connectivity index is 1.60. The molecule has 41 heavy (non-hydrogen) atoms.